The van der Waals surface area contributed by atoms with Crippen LogP contribution in [0.5, 0.6) is 5.75 Å². The predicted octanol–water partition coefficient (Wildman–Crippen LogP) is 4.30. The van der Waals surface area contributed by atoms with Gasteiger partial charge in [0.1, 0.15) is 22.9 Å². The highest BCUT2D eigenvalue weighted by atomic mass is 19.1. The van der Waals surface area contributed by atoms with Crippen molar-refractivity contribution in [1.82, 2.24) is 10.6 Å². The number of carbonyl (C=O) groups excluding carboxylic acids is 2. The summed E-state index contributed by atoms with van der Waals surface area (Å²) in [6, 6.07) is 14.8. The minimum absolute atomic E-state index is 0.0257. The zero-order chi connectivity index (χ0) is 25.7. The van der Waals surface area contributed by atoms with Crippen LogP contribution in [-0.4, -0.2) is 42.1 Å². The minimum Gasteiger partial charge on any atom is -0.490 e. The van der Waals surface area contributed by atoms with Crippen molar-refractivity contribution in [2.24, 2.45) is 5.92 Å². The van der Waals surface area contributed by atoms with Crippen LogP contribution < -0.4 is 15.4 Å². The highest BCUT2D eigenvalue weighted by Crippen LogP contribution is 2.29. The lowest BCUT2D eigenvalue weighted by Crippen LogP contribution is -2.35. The second-order valence-electron chi connectivity index (χ2n) is 8.77. The summed E-state index contributed by atoms with van der Waals surface area (Å²) in [5.74, 6) is -4.74. The molecule has 0 radical (unpaired) electrons. The summed E-state index contributed by atoms with van der Waals surface area (Å²) in [6.07, 6.45) is 1.46. The van der Waals surface area contributed by atoms with Gasteiger partial charge in [0.2, 0.25) is 0 Å². The topological polar surface area (TPSA) is 105 Å². The van der Waals surface area contributed by atoms with Gasteiger partial charge < -0.3 is 20.5 Å². The van der Waals surface area contributed by atoms with Crippen molar-refractivity contribution in [1.29, 1.82) is 0 Å². The summed E-state index contributed by atoms with van der Waals surface area (Å²) in [5, 5.41) is 16.1. The van der Waals surface area contributed by atoms with E-state index in [1.807, 2.05) is 30.3 Å². The van der Waals surface area contributed by atoms with Crippen molar-refractivity contribution >= 4 is 28.6 Å². The maximum atomic E-state index is 14.5. The molecule has 0 aromatic heterocycles. The number of ether oxygens (including phenoxy) is 1. The minimum atomic E-state index is -1.07. The molecule has 0 bridgehead atoms. The van der Waals surface area contributed by atoms with Crippen LogP contribution in [-0.2, 0) is 4.79 Å². The molecule has 3 aromatic carbocycles. The second-order valence-corrected chi connectivity index (χ2v) is 8.77. The molecule has 4 rings (SSSR count). The lowest BCUT2D eigenvalue weighted by atomic mass is 9.87. The Morgan fingerprint density at radius 2 is 1.44 bits per heavy atom. The lowest BCUT2D eigenvalue weighted by Gasteiger charge is -2.26. The van der Waals surface area contributed by atoms with E-state index in [0.29, 0.717) is 31.2 Å². The summed E-state index contributed by atoms with van der Waals surface area (Å²) in [6.45, 7) is 0.0446. The van der Waals surface area contributed by atoms with Crippen molar-refractivity contribution in [3.05, 3.63) is 77.4 Å². The van der Waals surface area contributed by atoms with Gasteiger partial charge in [0.05, 0.1) is 12.0 Å². The number of halogens is 2. The molecule has 0 spiro atoms. The number of rotatable bonds is 8. The molecule has 0 aliphatic heterocycles. The molecule has 0 saturated heterocycles. The molecule has 7 nitrogen and oxygen atoms in total. The van der Waals surface area contributed by atoms with Gasteiger partial charge in [-0.15, -0.1) is 0 Å². The van der Waals surface area contributed by atoms with E-state index >= 15 is 0 Å². The summed E-state index contributed by atoms with van der Waals surface area (Å²) in [7, 11) is 0. The van der Waals surface area contributed by atoms with Crippen LogP contribution in [0.4, 0.5) is 8.78 Å². The molecule has 36 heavy (non-hydrogen) atoms. The zero-order valence-corrected chi connectivity index (χ0v) is 19.4. The molecule has 188 valence electrons. The Labute approximate surface area is 206 Å². The zero-order valence-electron chi connectivity index (χ0n) is 19.4. The van der Waals surface area contributed by atoms with Crippen molar-refractivity contribution in [2.75, 3.05) is 13.1 Å². The number of amides is 2. The molecular weight excluding hydrogens is 470 g/mol. The first-order chi connectivity index (χ1) is 17.3. The third-order valence-electron chi connectivity index (χ3n) is 6.28. The molecule has 0 heterocycles. The monoisotopic (exact) mass is 496 g/mol. The van der Waals surface area contributed by atoms with E-state index in [1.165, 1.54) is 0 Å². The van der Waals surface area contributed by atoms with E-state index in [4.69, 9.17) is 9.84 Å². The third-order valence-corrected chi connectivity index (χ3v) is 6.28. The van der Waals surface area contributed by atoms with Crippen molar-refractivity contribution in [3.63, 3.8) is 0 Å². The Kier molecular flexibility index (Phi) is 7.77. The molecule has 1 aliphatic carbocycles. The second kappa shape index (κ2) is 11.2. The number of carbonyl (C=O) groups is 3. The average molecular weight is 497 g/mol. The average Bonchev–Trinajstić information content (AvgIpc) is 2.86. The molecular formula is C27H26F2N2O5. The fourth-order valence-electron chi connectivity index (χ4n) is 4.33. The molecule has 2 amide bonds. The van der Waals surface area contributed by atoms with Crippen LogP contribution in [0.25, 0.3) is 10.8 Å². The third kappa shape index (κ3) is 5.97. The maximum absolute atomic E-state index is 14.5. The molecule has 1 saturated carbocycles. The number of hydrogen-bond donors (Lipinski definition) is 3. The number of hydrogen-bond acceptors (Lipinski definition) is 4. The number of nitrogens with one attached hydrogen (secondary N) is 2. The largest absolute Gasteiger partial charge is 0.490 e. The fourth-order valence-corrected chi connectivity index (χ4v) is 4.33. The van der Waals surface area contributed by atoms with E-state index in [0.717, 1.165) is 22.9 Å². The van der Waals surface area contributed by atoms with E-state index in [9.17, 15) is 23.2 Å². The quantitative estimate of drug-likeness (QED) is 0.404. The molecule has 3 N–H and O–H groups in total. The van der Waals surface area contributed by atoms with Crippen LogP contribution in [0.2, 0.25) is 0 Å². The lowest BCUT2D eigenvalue weighted by molar-refractivity contribution is -0.143. The standard InChI is InChI=1S/C27H26F2N2O5/c28-22-14-21(36-20-9-7-17(8-10-20)27(34)35)15-23(29)24(22)26(33)31-12-11-30-25(32)19-6-5-16-3-1-2-4-18(16)13-19/h1-6,13-15,17,20H,7-12H2,(H,30,32)(H,31,33)(H,34,35). The van der Waals surface area contributed by atoms with E-state index in [-0.39, 0.29) is 30.9 Å². The number of carboxylic acids is 1. The van der Waals surface area contributed by atoms with Gasteiger partial charge in [-0.05, 0) is 48.6 Å². The molecule has 1 fully saturated rings. The van der Waals surface area contributed by atoms with Crippen molar-refractivity contribution in [2.45, 2.75) is 31.8 Å². The molecule has 9 heteroatoms. The molecule has 1 aliphatic rings. The number of carboxylic acid groups (broad SMARTS) is 1. The summed E-state index contributed by atoms with van der Waals surface area (Å²) in [5.41, 5.74) is -0.276. The molecule has 0 unspecified atom stereocenters. The molecule has 3 aromatic rings. The first-order valence-corrected chi connectivity index (χ1v) is 11.8. The summed E-state index contributed by atoms with van der Waals surface area (Å²) >= 11 is 0. The summed E-state index contributed by atoms with van der Waals surface area (Å²) in [4.78, 5) is 35.8. The van der Waals surface area contributed by atoms with Gasteiger partial charge in [-0.1, -0.05) is 30.3 Å². The van der Waals surface area contributed by atoms with Gasteiger partial charge >= 0.3 is 5.97 Å². The van der Waals surface area contributed by atoms with Crippen molar-refractivity contribution < 1.29 is 33.0 Å². The summed E-state index contributed by atoms with van der Waals surface area (Å²) < 4.78 is 34.7. The van der Waals surface area contributed by atoms with Crippen LogP contribution in [0.1, 0.15) is 46.4 Å². The van der Waals surface area contributed by atoms with Crippen LogP contribution in [0.3, 0.4) is 0 Å². The van der Waals surface area contributed by atoms with E-state index < -0.39 is 35.0 Å². The first kappa shape index (κ1) is 25.1. The van der Waals surface area contributed by atoms with E-state index in [2.05, 4.69) is 10.6 Å². The highest BCUT2D eigenvalue weighted by molar-refractivity contribution is 5.98. The Morgan fingerprint density at radius 3 is 2.08 bits per heavy atom. The van der Waals surface area contributed by atoms with E-state index in [1.54, 1.807) is 12.1 Å². The maximum Gasteiger partial charge on any atom is 0.306 e. The number of fused-ring (bicyclic) bond motifs is 1. The number of benzene rings is 3. The van der Waals surface area contributed by atoms with Gasteiger partial charge in [-0.2, -0.15) is 0 Å². The Balaban J connectivity index is 1.27. The van der Waals surface area contributed by atoms with Crippen LogP contribution in [0, 0.1) is 17.6 Å². The molecule has 0 atom stereocenters. The Morgan fingerprint density at radius 1 is 0.833 bits per heavy atom. The Bertz CT molecular complexity index is 1270. The predicted molar refractivity (Wildman–Crippen MR) is 129 cm³/mol. The van der Waals surface area contributed by atoms with Gasteiger partial charge in [-0.3, -0.25) is 14.4 Å². The van der Waals surface area contributed by atoms with Gasteiger partial charge in [0, 0.05) is 30.8 Å². The van der Waals surface area contributed by atoms with Gasteiger partial charge in [0.25, 0.3) is 11.8 Å². The fraction of sp³-hybridized carbons (Fsp3) is 0.296. The van der Waals surface area contributed by atoms with Crippen molar-refractivity contribution in [3.8, 4) is 5.75 Å². The van der Waals surface area contributed by atoms with Gasteiger partial charge in [0.15, 0.2) is 0 Å². The SMILES string of the molecule is O=C(NCCNC(=O)c1c(F)cc(OC2CCC(C(=O)O)CC2)cc1F)c1ccc2ccccc2c1. The van der Waals surface area contributed by atoms with Crippen LogP contribution >= 0.6 is 0 Å². The van der Waals surface area contributed by atoms with Gasteiger partial charge in [-0.25, -0.2) is 8.78 Å². The first-order valence-electron chi connectivity index (χ1n) is 11.8. The normalized spacial score (nSPS) is 17.4. The smallest absolute Gasteiger partial charge is 0.306 e. The Hall–Kier alpha value is -4.01. The highest BCUT2D eigenvalue weighted by Gasteiger charge is 2.27. The number of aliphatic carboxylic acids is 1. The van der Waals surface area contributed by atoms with Crippen LogP contribution in [0.15, 0.2) is 54.6 Å².